The Labute approximate surface area is 152 Å². The van der Waals surface area contributed by atoms with Gasteiger partial charge in [0, 0.05) is 42.3 Å². The highest BCUT2D eigenvalue weighted by Crippen LogP contribution is 2.04. The number of hydrogen-bond donors (Lipinski definition) is 7. The fraction of sp³-hybridized carbons (Fsp3) is 0.786. The van der Waals surface area contributed by atoms with E-state index in [0.717, 1.165) is 11.9 Å². The number of nitrogens with zero attached hydrogens (tertiary/aromatic N) is 4. The lowest BCUT2D eigenvalue weighted by atomic mass is 10.0. The van der Waals surface area contributed by atoms with Gasteiger partial charge in [0.15, 0.2) is 12.1 Å². The van der Waals surface area contributed by atoms with Gasteiger partial charge in [0.05, 0.1) is 6.61 Å². The number of aliphatic carboxylic acids is 1. The summed E-state index contributed by atoms with van der Waals surface area (Å²) >= 11 is 0. The highest BCUT2D eigenvalue weighted by Gasteiger charge is 2.33. The van der Waals surface area contributed by atoms with Crippen LogP contribution in [0, 0.1) is 0 Å². The van der Waals surface area contributed by atoms with Gasteiger partial charge in [0.2, 0.25) is 5.96 Å². The Morgan fingerprint density at radius 1 is 1.04 bits per heavy atom. The lowest BCUT2D eigenvalue weighted by molar-refractivity contribution is -0.164. The Morgan fingerprint density at radius 2 is 1.54 bits per heavy atom. The molecule has 0 aliphatic carbocycles. The van der Waals surface area contributed by atoms with Crippen LogP contribution >= 0.6 is 0 Å². The molecule has 154 valence electrons. The van der Waals surface area contributed by atoms with Crippen molar-refractivity contribution in [2.45, 2.75) is 24.4 Å². The van der Waals surface area contributed by atoms with E-state index in [4.69, 9.17) is 30.6 Å². The van der Waals surface area contributed by atoms with Crippen molar-refractivity contribution in [2.75, 3.05) is 48.9 Å². The number of aliphatic imine (C=N–C) groups is 2. The van der Waals surface area contributed by atoms with Crippen LogP contribution in [0.3, 0.4) is 0 Å². The van der Waals surface area contributed by atoms with Crippen LogP contribution in [-0.4, -0.2) is 132 Å². The summed E-state index contributed by atoms with van der Waals surface area (Å²) in [5, 5.41) is 54.8. The fourth-order valence-corrected chi connectivity index (χ4v) is 1.84. The van der Waals surface area contributed by atoms with Crippen molar-refractivity contribution in [1.29, 1.82) is 0 Å². The summed E-state index contributed by atoms with van der Waals surface area (Å²) in [6.07, 6.45) is -7.84. The SMILES string of the molecule is C/N=C(/N(C)C)N(C)/C(=N/C)NC.O=C(O)[C@H](O)[C@@H](O)[C@H](O)[C@H](O)CO. The molecule has 0 amide bonds. The maximum absolute atomic E-state index is 10.1. The topological polar surface area (TPSA) is 182 Å². The van der Waals surface area contributed by atoms with Crippen LogP contribution in [-0.2, 0) is 4.79 Å². The van der Waals surface area contributed by atoms with E-state index in [1.165, 1.54) is 0 Å². The quantitative estimate of drug-likeness (QED) is 0.184. The smallest absolute Gasteiger partial charge is 0.335 e. The summed E-state index contributed by atoms with van der Waals surface area (Å²) in [5.41, 5.74) is 0. The zero-order valence-electron chi connectivity index (χ0n) is 15.9. The molecule has 0 saturated carbocycles. The second-order valence-corrected chi connectivity index (χ2v) is 5.29. The third-order valence-corrected chi connectivity index (χ3v) is 3.16. The average Bonchev–Trinajstić information content (AvgIpc) is 2.60. The standard InChI is InChI=1S/C8H19N5.C6H12O7/c1-9-7(10-2)13(6)8(11-3)12(4)5;7-1-2(8)3(9)4(10)5(11)6(12)13/h1-6H3,(H,9,10);2-5,7-11H,1H2,(H,12,13)/b11-8-;/t;2-,3-,4+,5-/m.1/s1. The number of carbonyl (C=O) groups is 1. The van der Waals surface area contributed by atoms with E-state index >= 15 is 0 Å². The summed E-state index contributed by atoms with van der Waals surface area (Å²) in [7, 11) is 11.1. The van der Waals surface area contributed by atoms with Crippen molar-refractivity contribution in [3.05, 3.63) is 0 Å². The van der Waals surface area contributed by atoms with Crippen molar-refractivity contribution in [3.8, 4) is 0 Å². The van der Waals surface area contributed by atoms with Crippen molar-refractivity contribution in [2.24, 2.45) is 9.98 Å². The molecule has 0 aromatic carbocycles. The van der Waals surface area contributed by atoms with Gasteiger partial charge in [-0.1, -0.05) is 0 Å². The summed E-state index contributed by atoms with van der Waals surface area (Å²) in [6, 6.07) is 0. The first-order valence-corrected chi connectivity index (χ1v) is 7.58. The molecule has 0 heterocycles. The van der Waals surface area contributed by atoms with Crippen LogP contribution < -0.4 is 5.32 Å². The van der Waals surface area contributed by atoms with Gasteiger partial charge in [-0.05, 0) is 0 Å². The van der Waals surface area contributed by atoms with E-state index < -0.39 is 37.0 Å². The van der Waals surface area contributed by atoms with Gasteiger partial charge in [0.25, 0.3) is 0 Å². The maximum atomic E-state index is 10.1. The minimum atomic E-state index is -2.20. The number of carboxylic acids is 1. The zero-order valence-corrected chi connectivity index (χ0v) is 15.9. The van der Waals surface area contributed by atoms with Crippen LogP contribution in [0.15, 0.2) is 9.98 Å². The predicted octanol–water partition coefficient (Wildman–Crippen LogP) is -3.82. The zero-order chi connectivity index (χ0) is 21.0. The molecule has 0 saturated heterocycles. The molecule has 7 N–H and O–H groups in total. The number of nitrogens with one attached hydrogen (secondary N) is 1. The van der Waals surface area contributed by atoms with Crippen molar-refractivity contribution >= 4 is 17.9 Å². The lowest BCUT2D eigenvalue weighted by Gasteiger charge is -2.26. The second-order valence-electron chi connectivity index (χ2n) is 5.29. The normalized spacial score (nSPS) is 16.6. The molecular weight excluding hydrogens is 350 g/mol. The molecule has 26 heavy (non-hydrogen) atoms. The molecular formula is C14H31N5O7. The minimum absolute atomic E-state index is 0.786. The summed E-state index contributed by atoms with van der Waals surface area (Å²) < 4.78 is 0. The van der Waals surface area contributed by atoms with Gasteiger partial charge in [-0.3, -0.25) is 14.9 Å². The number of rotatable bonds is 5. The molecule has 0 aliphatic heterocycles. The first-order chi connectivity index (χ1) is 12.0. The molecule has 0 aliphatic rings. The van der Waals surface area contributed by atoms with Gasteiger partial charge in [-0.15, -0.1) is 0 Å². The van der Waals surface area contributed by atoms with Gasteiger partial charge in [-0.25, -0.2) is 4.79 Å². The molecule has 0 bridgehead atoms. The Kier molecular flexibility index (Phi) is 13.4. The third-order valence-electron chi connectivity index (χ3n) is 3.16. The Hall–Kier alpha value is -1.99. The summed E-state index contributed by atoms with van der Waals surface area (Å²) in [5.74, 6) is -0.0825. The molecule has 0 fully saturated rings. The molecule has 0 aromatic rings. The Balaban J connectivity index is 0. The molecule has 0 aromatic heterocycles. The minimum Gasteiger partial charge on any atom is -0.479 e. The fourth-order valence-electron chi connectivity index (χ4n) is 1.84. The van der Waals surface area contributed by atoms with Crippen LogP contribution in [0.4, 0.5) is 0 Å². The Morgan fingerprint density at radius 3 is 1.81 bits per heavy atom. The van der Waals surface area contributed by atoms with Crippen molar-refractivity contribution in [3.63, 3.8) is 0 Å². The van der Waals surface area contributed by atoms with Gasteiger partial charge >= 0.3 is 5.97 Å². The number of guanidine groups is 2. The van der Waals surface area contributed by atoms with Gasteiger partial charge in [0.1, 0.15) is 18.3 Å². The summed E-state index contributed by atoms with van der Waals surface area (Å²) in [4.78, 5) is 22.1. The number of carboxylic acid groups (broad SMARTS) is 1. The maximum Gasteiger partial charge on any atom is 0.335 e. The molecule has 0 rings (SSSR count). The first kappa shape index (κ1) is 26.2. The van der Waals surface area contributed by atoms with Crippen LogP contribution in [0.25, 0.3) is 0 Å². The Bertz CT molecular complexity index is 473. The number of aliphatic hydroxyl groups is 5. The second kappa shape index (κ2) is 13.2. The van der Waals surface area contributed by atoms with Crippen molar-refractivity contribution < 1.29 is 35.4 Å². The number of hydrogen-bond acceptors (Lipinski definition) is 8. The lowest BCUT2D eigenvalue weighted by Crippen LogP contribution is -2.48. The number of aliphatic hydroxyl groups excluding tert-OH is 5. The molecule has 0 unspecified atom stereocenters. The largest absolute Gasteiger partial charge is 0.479 e. The van der Waals surface area contributed by atoms with E-state index in [0.29, 0.717) is 0 Å². The predicted molar refractivity (Wildman–Crippen MR) is 96.0 cm³/mol. The van der Waals surface area contributed by atoms with Crippen LogP contribution in [0.1, 0.15) is 0 Å². The first-order valence-electron chi connectivity index (χ1n) is 7.58. The summed E-state index contributed by atoms with van der Waals surface area (Å²) in [6.45, 7) is -0.843. The van der Waals surface area contributed by atoms with E-state index in [1.54, 1.807) is 14.1 Å². The molecule has 4 atom stereocenters. The molecule has 12 heteroatoms. The van der Waals surface area contributed by atoms with Gasteiger partial charge in [-0.2, -0.15) is 0 Å². The highest BCUT2D eigenvalue weighted by atomic mass is 16.4. The van der Waals surface area contributed by atoms with E-state index in [9.17, 15) is 4.79 Å². The van der Waals surface area contributed by atoms with Crippen LogP contribution in [0.5, 0.6) is 0 Å². The average molecular weight is 381 g/mol. The van der Waals surface area contributed by atoms with Crippen LogP contribution in [0.2, 0.25) is 0 Å². The van der Waals surface area contributed by atoms with E-state index in [1.807, 2.05) is 38.0 Å². The third kappa shape index (κ3) is 8.40. The monoisotopic (exact) mass is 381 g/mol. The van der Waals surface area contributed by atoms with E-state index in [2.05, 4.69) is 15.3 Å². The van der Waals surface area contributed by atoms with Gasteiger partial charge < -0.3 is 40.9 Å². The molecule has 0 spiro atoms. The molecule has 12 nitrogen and oxygen atoms in total. The van der Waals surface area contributed by atoms with Crippen molar-refractivity contribution in [1.82, 2.24) is 15.1 Å². The highest BCUT2D eigenvalue weighted by molar-refractivity contribution is 5.97. The molecule has 0 radical (unpaired) electrons. The van der Waals surface area contributed by atoms with E-state index in [-0.39, 0.29) is 0 Å².